The molecule has 4 nitrogen and oxygen atoms in total. The number of methoxy groups -OCH3 is 1. The molecule has 0 unspecified atom stereocenters. The van der Waals surface area contributed by atoms with Crippen molar-refractivity contribution in [1.29, 1.82) is 0 Å². The fourth-order valence-corrected chi connectivity index (χ4v) is 2.41. The van der Waals surface area contributed by atoms with Gasteiger partial charge in [0.15, 0.2) is 5.79 Å². The maximum atomic E-state index is 5.68. The van der Waals surface area contributed by atoms with Crippen molar-refractivity contribution >= 4 is 0 Å². The molecule has 1 aliphatic carbocycles. The van der Waals surface area contributed by atoms with E-state index in [1.165, 1.54) is 0 Å². The highest BCUT2D eigenvalue weighted by Gasteiger charge is 2.39. The first-order valence-electron chi connectivity index (χ1n) is 5.85. The smallest absolute Gasteiger partial charge is 0.168 e. The van der Waals surface area contributed by atoms with E-state index >= 15 is 0 Å². The van der Waals surface area contributed by atoms with Crippen molar-refractivity contribution in [2.45, 2.75) is 37.5 Å². The Morgan fingerprint density at radius 2 is 1.93 bits per heavy atom. The van der Waals surface area contributed by atoms with E-state index in [4.69, 9.17) is 14.2 Å². The van der Waals surface area contributed by atoms with E-state index in [1.807, 2.05) is 0 Å². The lowest BCUT2D eigenvalue weighted by Gasteiger charge is -2.35. The highest BCUT2D eigenvalue weighted by molar-refractivity contribution is 4.85. The summed E-state index contributed by atoms with van der Waals surface area (Å²) in [7, 11) is 1.73. The second-order valence-corrected chi connectivity index (χ2v) is 4.33. The van der Waals surface area contributed by atoms with Crippen LogP contribution in [-0.2, 0) is 14.2 Å². The van der Waals surface area contributed by atoms with Crippen molar-refractivity contribution in [2.24, 2.45) is 0 Å². The summed E-state index contributed by atoms with van der Waals surface area (Å²) in [4.78, 5) is 0. The van der Waals surface area contributed by atoms with Crippen molar-refractivity contribution in [3.05, 3.63) is 0 Å². The van der Waals surface area contributed by atoms with Crippen LogP contribution in [0, 0.1) is 0 Å². The third-order valence-corrected chi connectivity index (χ3v) is 3.30. The van der Waals surface area contributed by atoms with Gasteiger partial charge in [0.05, 0.1) is 19.8 Å². The molecule has 1 N–H and O–H groups in total. The van der Waals surface area contributed by atoms with Gasteiger partial charge in [-0.2, -0.15) is 0 Å². The normalized spacial score (nSPS) is 26.2. The molecule has 1 saturated heterocycles. The summed E-state index contributed by atoms with van der Waals surface area (Å²) < 4.78 is 16.4. The molecule has 88 valence electrons. The standard InChI is InChI=1S/C11H21NO3/c1-13-7-6-12-10-2-4-11(5-3-10)14-8-9-15-11/h10,12H,2-9H2,1H3. The Morgan fingerprint density at radius 1 is 1.27 bits per heavy atom. The van der Waals surface area contributed by atoms with Crippen molar-refractivity contribution in [3.63, 3.8) is 0 Å². The third-order valence-electron chi connectivity index (χ3n) is 3.30. The summed E-state index contributed by atoms with van der Waals surface area (Å²) in [6.45, 7) is 3.26. The van der Waals surface area contributed by atoms with Gasteiger partial charge in [0.2, 0.25) is 0 Å². The van der Waals surface area contributed by atoms with E-state index in [1.54, 1.807) is 7.11 Å². The second-order valence-electron chi connectivity index (χ2n) is 4.33. The summed E-state index contributed by atoms with van der Waals surface area (Å²) >= 11 is 0. The van der Waals surface area contributed by atoms with Gasteiger partial charge < -0.3 is 19.5 Å². The first kappa shape index (κ1) is 11.3. The van der Waals surface area contributed by atoms with Crippen LogP contribution in [0.5, 0.6) is 0 Å². The van der Waals surface area contributed by atoms with Gasteiger partial charge in [-0.3, -0.25) is 0 Å². The molecule has 2 rings (SSSR count). The maximum absolute atomic E-state index is 5.68. The number of rotatable bonds is 4. The summed E-state index contributed by atoms with van der Waals surface area (Å²) in [6, 6.07) is 0.610. The van der Waals surface area contributed by atoms with Crippen LogP contribution in [0.3, 0.4) is 0 Å². The predicted octanol–water partition coefficient (Wildman–Crippen LogP) is 0.908. The minimum Gasteiger partial charge on any atom is -0.383 e. The Morgan fingerprint density at radius 3 is 2.53 bits per heavy atom. The molecule has 1 saturated carbocycles. The van der Waals surface area contributed by atoms with Crippen LogP contribution < -0.4 is 5.32 Å². The zero-order valence-electron chi connectivity index (χ0n) is 9.46. The molecule has 2 aliphatic rings. The van der Waals surface area contributed by atoms with Crippen LogP contribution in [0.15, 0.2) is 0 Å². The molecule has 1 heterocycles. The molecule has 0 radical (unpaired) electrons. The average Bonchev–Trinajstić information content (AvgIpc) is 2.71. The van der Waals surface area contributed by atoms with Gasteiger partial charge in [-0.1, -0.05) is 0 Å². The van der Waals surface area contributed by atoms with E-state index in [2.05, 4.69) is 5.32 Å². The number of nitrogens with one attached hydrogen (secondary N) is 1. The van der Waals surface area contributed by atoms with E-state index < -0.39 is 0 Å². The lowest BCUT2D eigenvalue weighted by atomic mass is 9.90. The van der Waals surface area contributed by atoms with Gasteiger partial charge in [-0.15, -0.1) is 0 Å². The van der Waals surface area contributed by atoms with Gasteiger partial charge >= 0.3 is 0 Å². The molecule has 0 aromatic rings. The maximum Gasteiger partial charge on any atom is 0.168 e. The Balaban J connectivity index is 1.67. The molecule has 0 amide bonds. The molecule has 1 spiro atoms. The molecule has 0 atom stereocenters. The van der Waals surface area contributed by atoms with Crippen molar-refractivity contribution < 1.29 is 14.2 Å². The zero-order valence-corrected chi connectivity index (χ0v) is 9.46. The van der Waals surface area contributed by atoms with Crippen LogP contribution in [0.1, 0.15) is 25.7 Å². The van der Waals surface area contributed by atoms with Crippen LogP contribution in [0.25, 0.3) is 0 Å². The quantitative estimate of drug-likeness (QED) is 0.708. The fraction of sp³-hybridized carbons (Fsp3) is 1.00. The Bertz CT molecular complexity index is 182. The summed E-state index contributed by atoms with van der Waals surface area (Å²) in [5, 5.41) is 3.49. The lowest BCUT2D eigenvalue weighted by Crippen LogP contribution is -2.42. The Labute approximate surface area is 91.3 Å². The third kappa shape index (κ3) is 2.91. The molecule has 0 aromatic carbocycles. The number of hydrogen-bond acceptors (Lipinski definition) is 4. The Hall–Kier alpha value is -0.160. The Kier molecular flexibility index (Phi) is 3.97. The monoisotopic (exact) mass is 215 g/mol. The molecule has 1 aliphatic heterocycles. The fourth-order valence-electron chi connectivity index (χ4n) is 2.41. The van der Waals surface area contributed by atoms with Gasteiger partial charge in [0.25, 0.3) is 0 Å². The highest BCUT2D eigenvalue weighted by atomic mass is 16.7. The summed E-state index contributed by atoms with van der Waals surface area (Å²) in [6.07, 6.45) is 4.34. The van der Waals surface area contributed by atoms with Crippen LogP contribution in [0.4, 0.5) is 0 Å². The van der Waals surface area contributed by atoms with Crippen molar-refractivity contribution in [1.82, 2.24) is 5.32 Å². The first-order valence-corrected chi connectivity index (χ1v) is 5.85. The minimum absolute atomic E-state index is 0.223. The van der Waals surface area contributed by atoms with Crippen molar-refractivity contribution in [3.8, 4) is 0 Å². The molecular formula is C11H21NO3. The highest BCUT2D eigenvalue weighted by Crippen LogP contribution is 2.35. The van der Waals surface area contributed by atoms with Crippen LogP contribution in [-0.4, -0.2) is 45.3 Å². The predicted molar refractivity (Wildman–Crippen MR) is 56.8 cm³/mol. The minimum atomic E-state index is -0.223. The van der Waals surface area contributed by atoms with E-state index in [0.29, 0.717) is 6.04 Å². The van der Waals surface area contributed by atoms with E-state index in [-0.39, 0.29) is 5.79 Å². The molecule has 2 fully saturated rings. The van der Waals surface area contributed by atoms with Gasteiger partial charge in [-0.25, -0.2) is 0 Å². The molecule has 0 aromatic heterocycles. The van der Waals surface area contributed by atoms with Gasteiger partial charge in [0.1, 0.15) is 0 Å². The lowest BCUT2D eigenvalue weighted by molar-refractivity contribution is -0.179. The first-order chi connectivity index (χ1) is 7.35. The van der Waals surface area contributed by atoms with E-state index in [0.717, 1.165) is 52.0 Å². The van der Waals surface area contributed by atoms with E-state index in [9.17, 15) is 0 Å². The van der Waals surface area contributed by atoms with Gasteiger partial charge in [0, 0.05) is 32.5 Å². The zero-order chi connectivity index (χ0) is 10.6. The SMILES string of the molecule is COCCNC1CCC2(CC1)OCCO2. The largest absolute Gasteiger partial charge is 0.383 e. The number of ether oxygens (including phenoxy) is 3. The van der Waals surface area contributed by atoms with Crippen molar-refractivity contribution in [2.75, 3.05) is 33.5 Å². The molecule has 15 heavy (non-hydrogen) atoms. The van der Waals surface area contributed by atoms with Crippen LogP contribution >= 0.6 is 0 Å². The van der Waals surface area contributed by atoms with Gasteiger partial charge in [-0.05, 0) is 12.8 Å². The summed E-state index contributed by atoms with van der Waals surface area (Å²) in [5.41, 5.74) is 0. The topological polar surface area (TPSA) is 39.7 Å². The average molecular weight is 215 g/mol. The second kappa shape index (κ2) is 5.25. The molecular weight excluding hydrogens is 194 g/mol. The number of hydrogen-bond donors (Lipinski definition) is 1. The molecule has 4 heteroatoms. The molecule has 0 bridgehead atoms. The van der Waals surface area contributed by atoms with Crippen LogP contribution in [0.2, 0.25) is 0 Å². The summed E-state index contributed by atoms with van der Waals surface area (Å²) in [5.74, 6) is -0.223.